The zero-order valence-corrected chi connectivity index (χ0v) is 21.3. The Balaban J connectivity index is 1.35. The molecule has 2 aromatic heterocycles. The molecule has 0 saturated heterocycles. The molecule has 1 amide bonds. The van der Waals surface area contributed by atoms with Crippen molar-refractivity contribution in [2.24, 2.45) is 0 Å². The Morgan fingerprint density at radius 2 is 1.92 bits per heavy atom. The lowest BCUT2D eigenvalue weighted by Gasteiger charge is -2.35. The zero-order chi connectivity index (χ0) is 25.6. The summed E-state index contributed by atoms with van der Waals surface area (Å²) in [5, 5.41) is 5.07. The molecule has 1 atom stereocenters. The lowest BCUT2D eigenvalue weighted by molar-refractivity contribution is 0.0629. The summed E-state index contributed by atoms with van der Waals surface area (Å²) in [5.74, 6) is 0.758. The Bertz CT molecular complexity index is 1340. The van der Waals surface area contributed by atoms with Crippen molar-refractivity contribution in [3.05, 3.63) is 88.8 Å². The Labute approximate surface area is 220 Å². The number of hydrogen-bond acceptors (Lipinski definition) is 6. The molecule has 37 heavy (non-hydrogen) atoms. The molecule has 192 valence electrons. The van der Waals surface area contributed by atoms with Crippen molar-refractivity contribution in [3.8, 4) is 5.75 Å². The zero-order valence-electron chi connectivity index (χ0n) is 20.6. The molecule has 4 aromatic rings. The smallest absolute Gasteiger partial charge is 0.410 e. The molecule has 0 fully saturated rings. The number of carbonyl (C=O) groups is 1. The van der Waals surface area contributed by atoms with Crippen molar-refractivity contribution in [2.45, 2.75) is 12.5 Å². The second-order valence-corrected chi connectivity index (χ2v) is 9.18. The van der Waals surface area contributed by atoms with Crippen LogP contribution in [-0.2, 0) is 15.9 Å². The predicted octanol–water partition coefficient (Wildman–Crippen LogP) is 5.44. The number of amides is 1. The number of carbonyl (C=O) groups excluding carboxylic acids is 1. The minimum Gasteiger partial charge on any atom is -0.492 e. The number of benzene rings is 2. The van der Waals surface area contributed by atoms with Crippen LogP contribution in [0, 0.1) is 0 Å². The molecule has 1 aliphatic heterocycles. The van der Waals surface area contributed by atoms with E-state index < -0.39 is 0 Å². The van der Waals surface area contributed by atoms with Crippen molar-refractivity contribution in [1.29, 1.82) is 0 Å². The number of H-pyrrole nitrogens is 1. The predicted molar refractivity (Wildman–Crippen MR) is 143 cm³/mol. The summed E-state index contributed by atoms with van der Waals surface area (Å²) in [7, 11) is 1.58. The van der Waals surface area contributed by atoms with Crippen molar-refractivity contribution in [3.63, 3.8) is 0 Å². The number of nitrogens with one attached hydrogen (secondary N) is 2. The summed E-state index contributed by atoms with van der Waals surface area (Å²) in [5.41, 5.74) is 5.10. The maximum Gasteiger partial charge on any atom is 0.410 e. The molecule has 0 saturated carbocycles. The standard InChI is InChI=1S/C28H29ClN4O4/c1-35-16-17-37-28(34)33-14-10-23-24-18-20(29)4-7-25(24)32-26(23)27(33)19-2-5-22(6-3-19)36-15-13-31-21-8-11-30-12-9-21/h2-9,11-12,18,27,32H,10,13-17H2,1H3,(H,30,31)/t27-/m0/s1. The van der Waals surface area contributed by atoms with Crippen molar-refractivity contribution >= 4 is 34.3 Å². The number of fused-ring (bicyclic) bond motifs is 3. The van der Waals surface area contributed by atoms with E-state index in [4.69, 9.17) is 25.8 Å². The minimum atomic E-state index is -0.369. The lowest BCUT2D eigenvalue weighted by Crippen LogP contribution is -2.41. The number of methoxy groups -OCH3 is 1. The first kappa shape index (κ1) is 24.9. The first-order valence-corrected chi connectivity index (χ1v) is 12.6. The Hall–Kier alpha value is -3.75. The quantitative estimate of drug-likeness (QED) is 0.286. The van der Waals surface area contributed by atoms with E-state index in [0.29, 0.717) is 37.7 Å². The van der Waals surface area contributed by atoms with Crippen LogP contribution >= 0.6 is 11.6 Å². The molecule has 0 spiro atoms. The number of hydrogen-bond donors (Lipinski definition) is 2. The van der Waals surface area contributed by atoms with Gasteiger partial charge in [-0.1, -0.05) is 23.7 Å². The number of ether oxygens (including phenoxy) is 3. The maximum atomic E-state index is 13.1. The highest BCUT2D eigenvalue weighted by Crippen LogP contribution is 2.39. The molecule has 3 heterocycles. The van der Waals surface area contributed by atoms with E-state index in [2.05, 4.69) is 15.3 Å². The van der Waals surface area contributed by atoms with E-state index in [0.717, 1.165) is 33.6 Å². The van der Waals surface area contributed by atoms with Gasteiger partial charge in [0, 0.05) is 59.9 Å². The summed E-state index contributed by atoms with van der Waals surface area (Å²) in [6.07, 6.45) is 3.83. The molecule has 9 heteroatoms. The van der Waals surface area contributed by atoms with Crippen LogP contribution in [0.1, 0.15) is 22.9 Å². The fourth-order valence-corrected chi connectivity index (χ4v) is 4.85. The lowest BCUT2D eigenvalue weighted by atomic mass is 9.92. The highest BCUT2D eigenvalue weighted by molar-refractivity contribution is 6.31. The third-order valence-electron chi connectivity index (χ3n) is 6.41. The van der Waals surface area contributed by atoms with Gasteiger partial charge in [-0.25, -0.2) is 4.79 Å². The van der Waals surface area contributed by atoms with Gasteiger partial charge in [0.1, 0.15) is 25.0 Å². The summed E-state index contributed by atoms with van der Waals surface area (Å²) in [4.78, 5) is 22.4. The molecular weight excluding hydrogens is 492 g/mol. The highest BCUT2D eigenvalue weighted by atomic mass is 35.5. The van der Waals surface area contributed by atoms with Gasteiger partial charge in [-0.3, -0.25) is 9.88 Å². The second kappa shape index (κ2) is 11.5. The first-order chi connectivity index (χ1) is 18.1. The molecule has 8 nitrogen and oxygen atoms in total. The molecule has 0 unspecified atom stereocenters. The minimum absolute atomic E-state index is 0.202. The number of pyridine rings is 1. The number of rotatable bonds is 9. The monoisotopic (exact) mass is 520 g/mol. The van der Waals surface area contributed by atoms with E-state index in [1.165, 1.54) is 5.56 Å². The van der Waals surface area contributed by atoms with E-state index in [1.807, 2.05) is 54.6 Å². The Morgan fingerprint density at radius 3 is 2.70 bits per heavy atom. The van der Waals surface area contributed by atoms with E-state index in [1.54, 1.807) is 24.4 Å². The Kier molecular flexibility index (Phi) is 7.77. The first-order valence-electron chi connectivity index (χ1n) is 12.2. The molecule has 5 rings (SSSR count). The highest BCUT2D eigenvalue weighted by Gasteiger charge is 2.35. The maximum absolute atomic E-state index is 13.1. The third kappa shape index (κ3) is 5.65. The molecular formula is C28H29ClN4O4. The van der Waals surface area contributed by atoms with Gasteiger partial charge in [-0.15, -0.1) is 0 Å². The van der Waals surface area contributed by atoms with Gasteiger partial charge < -0.3 is 24.5 Å². The van der Waals surface area contributed by atoms with Crippen LogP contribution in [0.4, 0.5) is 10.5 Å². The molecule has 0 aliphatic carbocycles. The van der Waals surface area contributed by atoms with E-state index >= 15 is 0 Å². The van der Waals surface area contributed by atoms with Crippen LogP contribution in [0.15, 0.2) is 67.0 Å². The van der Waals surface area contributed by atoms with Crippen LogP contribution in [0.5, 0.6) is 5.75 Å². The van der Waals surface area contributed by atoms with Gasteiger partial charge >= 0.3 is 6.09 Å². The van der Waals surface area contributed by atoms with Crippen LogP contribution in [-0.4, -0.2) is 61.0 Å². The van der Waals surface area contributed by atoms with Gasteiger partial charge in [0.25, 0.3) is 0 Å². The van der Waals surface area contributed by atoms with Crippen LogP contribution < -0.4 is 10.1 Å². The van der Waals surface area contributed by atoms with Crippen LogP contribution in [0.25, 0.3) is 10.9 Å². The SMILES string of the molecule is COCCOC(=O)N1CCc2c([nH]c3ccc(Cl)cc23)[C@@H]1c1ccc(OCCNc2ccncc2)cc1. The largest absolute Gasteiger partial charge is 0.492 e. The number of nitrogens with zero attached hydrogens (tertiary/aromatic N) is 2. The number of aromatic amines is 1. The average molecular weight is 521 g/mol. The average Bonchev–Trinajstić information content (AvgIpc) is 3.29. The molecule has 0 bridgehead atoms. The van der Waals surface area contributed by atoms with E-state index in [9.17, 15) is 4.79 Å². The molecule has 1 aliphatic rings. The van der Waals surface area contributed by atoms with Gasteiger partial charge in [-0.05, 0) is 60.0 Å². The van der Waals surface area contributed by atoms with Gasteiger partial charge in [0.2, 0.25) is 0 Å². The molecule has 2 N–H and O–H groups in total. The number of halogens is 1. The van der Waals surface area contributed by atoms with Gasteiger partial charge in [0.15, 0.2) is 0 Å². The summed E-state index contributed by atoms with van der Waals surface area (Å²) in [6.45, 7) is 2.25. The van der Waals surface area contributed by atoms with E-state index in [-0.39, 0.29) is 18.7 Å². The molecule has 2 aromatic carbocycles. The molecule has 0 radical (unpaired) electrons. The van der Waals surface area contributed by atoms with Gasteiger partial charge in [-0.2, -0.15) is 0 Å². The fourth-order valence-electron chi connectivity index (χ4n) is 4.68. The fraction of sp³-hybridized carbons (Fsp3) is 0.286. The van der Waals surface area contributed by atoms with Crippen molar-refractivity contribution in [1.82, 2.24) is 14.9 Å². The second-order valence-electron chi connectivity index (χ2n) is 8.74. The van der Waals surface area contributed by atoms with Crippen LogP contribution in [0.3, 0.4) is 0 Å². The van der Waals surface area contributed by atoms with Crippen LogP contribution in [0.2, 0.25) is 5.02 Å². The van der Waals surface area contributed by atoms with Gasteiger partial charge in [0.05, 0.1) is 6.61 Å². The normalized spacial score (nSPS) is 14.9. The third-order valence-corrected chi connectivity index (χ3v) is 6.65. The number of aromatic nitrogens is 2. The summed E-state index contributed by atoms with van der Waals surface area (Å²) in [6, 6.07) is 17.2. The number of anilines is 1. The van der Waals surface area contributed by atoms with Crippen molar-refractivity contribution in [2.75, 3.05) is 45.3 Å². The summed E-state index contributed by atoms with van der Waals surface area (Å²) >= 11 is 6.29. The Morgan fingerprint density at radius 1 is 1.11 bits per heavy atom. The van der Waals surface area contributed by atoms with Crippen molar-refractivity contribution < 1.29 is 19.0 Å². The summed E-state index contributed by atoms with van der Waals surface area (Å²) < 4.78 is 16.5. The topological polar surface area (TPSA) is 88.7 Å².